The average Bonchev–Trinajstić information content (AvgIpc) is 2.23. The quantitative estimate of drug-likeness (QED) is 0.886. The van der Waals surface area contributed by atoms with Crippen LogP contribution in [-0.2, 0) is 4.79 Å². The van der Waals surface area contributed by atoms with Crippen LogP contribution in [0.4, 0.5) is 11.6 Å². The van der Waals surface area contributed by atoms with Gasteiger partial charge in [0.2, 0.25) is 0 Å². The van der Waals surface area contributed by atoms with Crippen molar-refractivity contribution >= 4 is 17.4 Å². The van der Waals surface area contributed by atoms with Crippen molar-refractivity contribution in [2.45, 2.75) is 40.2 Å². The summed E-state index contributed by atoms with van der Waals surface area (Å²) >= 11 is 0. The van der Waals surface area contributed by atoms with Gasteiger partial charge in [0, 0.05) is 18.7 Å². The highest BCUT2D eigenvalue weighted by molar-refractivity contribution is 5.80. The third-order valence-electron chi connectivity index (χ3n) is 2.69. The fourth-order valence-corrected chi connectivity index (χ4v) is 1.37. The van der Waals surface area contributed by atoms with Crippen LogP contribution < -0.4 is 10.2 Å². The van der Waals surface area contributed by atoms with E-state index in [0.29, 0.717) is 11.6 Å². The molecule has 1 rings (SSSR count). The van der Waals surface area contributed by atoms with Crippen molar-refractivity contribution in [1.29, 1.82) is 0 Å². The number of ketones is 1. The lowest BCUT2D eigenvalue weighted by Crippen LogP contribution is -2.38. The molecule has 100 valence electrons. The summed E-state index contributed by atoms with van der Waals surface area (Å²) in [5.74, 6) is 2.30. The Balaban J connectivity index is 2.97. The summed E-state index contributed by atoms with van der Waals surface area (Å²) in [6.45, 7) is 10.0. The molecule has 1 aromatic rings. The van der Waals surface area contributed by atoms with Crippen molar-refractivity contribution in [3.05, 3.63) is 11.9 Å². The van der Waals surface area contributed by atoms with Gasteiger partial charge in [-0.15, -0.1) is 0 Å². The molecule has 1 N–H and O–H groups in total. The molecule has 0 radical (unpaired) electrons. The molecule has 0 unspecified atom stereocenters. The van der Waals surface area contributed by atoms with Crippen LogP contribution in [0.25, 0.3) is 0 Å². The van der Waals surface area contributed by atoms with Crippen molar-refractivity contribution in [3.63, 3.8) is 0 Å². The number of nitrogens with one attached hydrogen (secondary N) is 1. The van der Waals surface area contributed by atoms with Crippen molar-refractivity contribution in [2.75, 3.05) is 23.8 Å². The van der Waals surface area contributed by atoms with Crippen LogP contribution in [0.3, 0.4) is 0 Å². The van der Waals surface area contributed by atoms with Crippen LogP contribution in [-0.4, -0.2) is 34.9 Å². The number of aryl methyl sites for hydroxylation is 1. The number of aromatic nitrogens is 2. The number of Topliss-reactive ketones (excluding diaryl/α,β-unsaturated/α-hetero) is 1. The third-order valence-corrected chi connectivity index (χ3v) is 2.69. The smallest absolute Gasteiger partial charge is 0.148 e. The summed E-state index contributed by atoms with van der Waals surface area (Å²) in [6, 6.07) is 1.86. The van der Waals surface area contributed by atoms with Gasteiger partial charge >= 0.3 is 0 Å². The summed E-state index contributed by atoms with van der Waals surface area (Å²) in [5.41, 5.74) is -0.0152. The second kappa shape index (κ2) is 5.33. The van der Waals surface area contributed by atoms with E-state index in [4.69, 9.17) is 0 Å². The molecule has 0 bridgehead atoms. The summed E-state index contributed by atoms with van der Waals surface area (Å²) in [6.07, 6.45) is 0. The molecule has 18 heavy (non-hydrogen) atoms. The second-order valence-corrected chi connectivity index (χ2v) is 5.44. The highest BCUT2D eigenvalue weighted by Gasteiger charge is 2.19. The van der Waals surface area contributed by atoms with Crippen LogP contribution in [0.15, 0.2) is 6.07 Å². The second-order valence-electron chi connectivity index (χ2n) is 5.44. The SMILES string of the molecule is CC(=O)CNc1cc(N(C)C(C)(C)C)nc(C)n1. The van der Waals surface area contributed by atoms with E-state index in [-0.39, 0.29) is 17.9 Å². The molecule has 5 heteroatoms. The molecular formula is C13H22N4O. The number of nitrogens with zero attached hydrogens (tertiary/aromatic N) is 3. The maximum atomic E-state index is 11.0. The Hall–Kier alpha value is -1.65. The van der Waals surface area contributed by atoms with Crippen molar-refractivity contribution < 1.29 is 4.79 Å². The lowest BCUT2D eigenvalue weighted by atomic mass is 10.1. The first-order valence-corrected chi connectivity index (χ1v) is 6.03. The Morgan fingerprint density at radius 3 is 2.50 bits per heavy atom. The Kier molecular flexibility index (Phi) is 4.27. The van der Waals surface area contributed by atoms with E-state index in [1.807, 2.05) is 20.0 Å². The monoisotopic (exact) mass is 250 g/mol. The van der Waals surface area contributed by atoms with E-state index >= 15 is 0 Å². The fraction of sp³-hybridized carbons (Fsp3) is 0.615. The summed E-state index contributed by atoms with van der Waals surface area (Å²) in [4.78, 5) is 21.7. The zero-order valence-electron chi connectivity index (χ0n) is 12.0. The van der Waals surface area contributed by atoms with E-state index in [9.17, 15) is 4.79 Å². The fourth-order valence-electron chi connectivity index (χ4n) is 1.37. The molecule has 1 aromatic heterocycles. The molecule has 0 amide bonds. The molecular weight excluding hydrogens is 228 g/mol. The Morgan fingerprint density at radius 1 is 1.39 bits per heavy atom. The first-order valence-electron chi connectivity index (χ1n) is 6.03. The Morgan fingerprint density at radius 2 is 2.00 bits per heavy atom. The Labute approximate surface area is 109 Å². The third kappa shape index (κ3) is 3.98. The average molecular weight is 250 g/mol. The zero-order chi connectivity index (χ0) is 13.9. The van der Waals surface area contributed by atoms with Crippen LogP contribution >= 0.6 is 0 Å². The summed E-state index contributed by atoms with van der Waals surface area (Å²) in [5, 5.41) is 3.00. The number of anilines is 2. The molecule has 0 aliphatic rings. The molecule has 0 aliphatic carbocycles. The van der Waals surface area contributed by atoms with Crippen LogP contribution in [0.5, 0.6) is 0 Å². The molecule has 0 saturated heterocycles. The topological polar surface area (TPSA) is 58.1 Å². The van der Waals surface area contributed by atoms with Gasteiger partial charge in [-0.2, -0.15) is 0 Å². The van der Waals surface area contributed by atoms with Gasteiger partial charge in [0.25, 0.3) is 0 Å². The first-order chi connectivity index (χ1) is 8.20. The number of carbonyl (C=O) groups is 1. The zero-order valence-corrected chi connectivity index (χ0v) is 12.0. The van der Waals surface area contributed by atoms with Gasteiger partial charge in [0.15, 0.2) is 0 Å². The van der Waals surface area contributed by atoms with Gasteiger partial charge in [0.05, 0.1) is 6.54 Å². The molecule has 0 aromatic carbocycles. The Bertz CT molecular complexity index is 437. The number of carbonyl (C=O) groups excluding carboxylic acids is 1. The summed E-state index contributed by atoms with van der Waals surface area (Å²) in [7, 11) is 2.00. The number of rotatable bonds is 4. The molecule has 1 heterocycles. The van der Waals surface area contributed by atoms with Gasteiger partial charge in [-0.1, -0.05) is 0 Å². The van der Waals surface area contributed by atoms with Crippen molar-refractivity contribution in [1.82, 2.24) is 9.97 Å². The lowest BCUT2D eigenvalue weighted by Gasteiger charge is -2.33. The van der Waals surface area contributed by atoms with E-state index in [0.717, 1.165) is 5.82 Å². The standard InChI is InChI=1S/C13H22N4O/c1-9(18)8-14-11-7-12(16-10(2)15-11)17(6)13(3,4)5/h7H,8H2,1-6H3,(H,14,15,16). The van der Waals surface area contributed by atoms with Crippen molar-refractivity contribution in [2.24, 2.45) is 0 Å². The first kappa shape index (κ1) is 14.4. The molecule has 0 aliphatic heterocycles. The van der Waals surface area contributed by atoms with Gasteiger partial charge in [-0.3, -0.25) is 4.79 Å². The molecule has 0 spiro atoms. The predicted molar refractivity (Wildman–Crippen MR) is 74.1 cm³/mol. The summed E-state index contributed by atoms with van der Waals surface area (Å²) < 4.78 is 0. The van der Waals surface area contributed by atoms with E-state index in [2.05, 4.69) is 41.0 Å². The minimum absolute atomic E-state index is 0.0152. The maximum absolute atomic E-state index is 11.0. The van der Waals surface area contributed by atoms with E-state index in [1.165, 1.54) is 0 Å². The van der Waals surface area contributed by atoms with Gasteiger partial charge in [-0.05, 0) is 34.6 Å². The number of hydrogen-bond donors (Lipinski definition) is 1. The predicted octanol–water partition coefficient (Wildman–Crippen LogP) is 2.02. The van der Waals surface area contributed by atoms with Gasteiger partial charge < -0.3 is 10.2 Å². The molecule has 5 nitrogen and oxygen atoms in total. The van der Waals surface area contributed by atoms with Gasteiger partial charge in [-0.25, -0.2) is 9.97 Å². The largest absolute Gasteiger partial charge is 0.363 e. The maximum Gasteiger partial charge on any atom is 0.148 e. The number of hydrogen-bond acceptors (Lipinski definition) is 5. The van der Waals surface area contributed by atoms with E-state index < -0.39 is 0 Å². The minimum Gasteiger partial charge on any atom is -0.363 e. The molecule has 0 saturated carbocycles. The molecule has 0 fully saturated rings. The van der Waals surface area contributed by atoms with Crippen LogP contribution in [0.2, 0.25) is 0 Å². The highest BCUT2D eigenvalue weighted by Crippen LogP contribution is 2.21. The minimum atomic E-state index is -0.0152. The van der Waals surface area contributed by atoms with E-state index in [1.54, 1.807) is 6.92 Å². The van der Waals surface area contributed by atoms with Crippen LogP contribution in [0.1, 0.15) is 33.5 Å². The van der Waals surface area contributed by atoms with Crippen molar-refractivity contribution in [3.8, 4) is 0 Å². The highest BCUT2D eigenvalue weighted by atomic mass is 16.1. The normalized spacial score (nSPS) is 11.2. The molecule has 0 atom stereocenters. The van der Waals surface area contributed by atoms with Gasteiger partial charge in [0.1, 0.15) is 23.2 Å². The van der Waals surface area contributed by atoms with Crippen LogP contribution in [0, 0.1) is 6.92 Å². The lowest BCUT2D eigenvalue weighted by molar-refractivity contribution is -0.115.